The van der Waals surface area contributed by atoms with E-state index in [2.05, 4.69) is 10.1 Å². The first kappa shape index (κ1) is 9.97. The lowest BCUT2D eigenvalue weighted by Crippen LogP contribution is -2.12. The van der Waals surface area contributed by atoms with Gasteiger partial charge >= 0.3 is 0 Å². The average molecular weight is 214 g/mol. The Morgan fingerprint density at radius 2 is 2.00 bits per heavy atom. The normalized spacial score (nSPS) is 19.5. The number of nitrogens with zero attached hydrogens (tertiary/aromatic N) is 3. The van der Waals surface area contributed by atoms with E-state index in [1.165, 1.54) is 38.5 Å². The fourth-order valence-corrected chi connectivity index (χ4v) is 2.37. The number of alkyl halides is 1. The van der Waals surface area contributed by atoms with E-state index in [1.807, 2.05) is 4.68 Å². The van der Waals surface area contributed by atoms with Crippen LogP contribution in [0.25, 0.3) is 0 Å². The summed E-state index contributed by atoms with van der Waals surface area (Å²) in [6.45, 7) is 0. The van der Waals surface area contributed by atoms with Gasteiger partial charge in [-0.15, -0.1) is 11.6 Å². The zero-order valence-corrected chi connectivity index (χ0v) is 9.08. The lowest BCUT2D eigenvalue weighted by molar-refractivity contribution is 0.395. The van der Waals surface area contributed by atoms with E-state index in [9.17, 15) is 0 Å². The Labute approximate surface area is 89.5 Å². The first-order valence-electron chi connectivity index (χ1n) is 5.36. The average Bonchev–Trinajstić information content (AvgIpc) is 2.52. The van der Waals surface area contributed by atoms with Crippen molar-refractivity contribution in [3.63, 3.8) is 0 Å². The van der Waals surface area contributed by atoms with E-state index in [-0.39, 0.29) is 0 Å². The van der Waals surface area contributed by atoms with Crippen LogP contribution in [0.3, 0.4) is 0 Å². The molecule has 1 aromatic heterocycles. The molecule has 2 rings (SSSR count). The van der Waals surface area contributed by atoms with Gasteiger partial charge in [-0.25, -0.2) is 9.67 Å². The van der Waals surface area contributed by atoms with Crippen LogP contribution in [-0.4, -0.2) is 14.8 Å². The molecule has 1 heterocycles. The Bertz CT molecular complexity index is 277. The summed E-state index contributed by atoms with van der Waals surface area (Å²) >= 11 is 5.81. The number of hydrogen-bond donors (Lipinski definition) is 0. The molecule has 1 saturated carbocycles. The van der Waals surface area contributed by atoms with E-state index in [0.717, 1.165) is 5.82 Å². The van der Waals surface area contributed by atoms with Crippen LogP contribution >= 0.6 is 11.6 Å². The minimum atomic E-state index is 0.469. The molecule has 1 aromatic rings. The molecule has 0 bridgehead atoms. The van der Waals surface area contributed by atoms with Gasteiger partial charge in [0.2, 0.25) is 0 Å². The molecule has 1 aliphatic carbocycles. The summed E-state index contributed by atoms with van der Waals surface area (Å²) in [6.07, 6.45) is 9.42. The van der Waals surface area contributed by atoms with Crippen molar-refractivity contribution in [2.45, 2.75) is 50.4 Å². The van der Waals surface area contributed by atoms with Crippen molar-refractivity contribution < 1.29 is 0 Å². The van der Waals surface area contributed by atoms with Gasteiger partial charge in [0, 0.05) is 0 Å². The molecule has 0 spiro atoms. The highest BCUT2D eigenvalue weighted by Gasteiger charge is 2.17. The summed E-state index contributed by atoms with van der Waals surface area (Å²) < 4.78 is 2.03. The molecule has 0 N–H and O–H groups in total. The minimum absolute atomic E-state index is 0.469. The maximum Gasteiger partial charge on any atom is 0.142 e. The van der Waals surface area contributed by atoms with Gasteiger partial charge in [-0.1, -0.05) is 25.7 Å². The van der Waals surface area contributed by atoms with Gasteiger partial charge in [0.05, 0.1) is 11.9 Å². The predicted octanol–water partition coefficient (Wildman–Crippen LogP) is 2.91. The molecule has 1 aliphatic rings. The predicted molar refractivity (Wildman–Crippen MR) is 56.3 cm³/mol. The summed E-state index contributed by atoms with van der Waals surface area (Å²) in [5, 5.41) is 4.27. The maximum atomic E-state index is 5.81. The van der Waals surface area contributed by atoms with Gasteiger partial charge in [-0.2, -0.15) is 5.10 Å². The number of rotatable bonds is 2. The molecule has 0 aromatic carbocycles. The largest absolute Gasteiger partial charge is 0.246 e. The second-order valence-electron chi connectivity index (χ2n) is 3.90. The van der Waals surface area contributed by atoms with Crippen LogP contribution in [0, 0.1) is 0 Å². The highest BCUT2D eigenvalue weighted by molar-refractivity contribution is 6.16. The number of hydrogen-bond acceptors (Lipinski definition) is 2. The van der Waals surface area contributed by atoms with Gasteiger partial charge in [-0.3, -0.25) is 0 Å². The zero-order valence-electron chi connectivity index (χ0n) is 8.32. The molecule has 0 aliphatic heterocycles. The van der Waals surface area contributed by atoms with Crippen molar-refractivity contribution in [1.29, 1.82) is 0 Å². The molecule has 14 heavy (non-hydrogen) atoms. The van der Waals surface area contributed by atoms with Gasteiger partial charge in [0.25, 0.3) is 0 Å². The molecule has 0 unspecified atom stereocenters. The van der Waals surface area contributed by atoms with Crippen molar-refractivity contribution in [3.8, 4) is 0 Å². The Hall–Kier alpha value is -0.570. The number of halogens is 1. The van der Waals surface area contributed by atoms with Crippen molar-refractivity contribution in [1.82, 2.24) is 14.8 Å². The molecule has 0 atom stereocenters. The SMILES string of the molecule is ClCc1ncnn1C1CCCCCC1. The molecule has 0 saturated heterocycles. The topological polar surface area (TPSA) is 30.7 Å². The van der Waals surface area contributed by atoms with Crippen molar-refractivity contribution in [2.24, 2.45) is 0 Å². The van der Waals surface area contributed by atoms with E-state index in [1.54, 1.807) is 6.33 Å². The molecule has 1 fully saturated rings. The van der Waals surface area contributed by atoms with Crippen molar-refractivity contribution in [2.75, 3.05) is 0 Å². The second-order valence-corrected chi connectivity index (χ2v) is 4.17. The van der Waals surface area contributed by atoms with E-state index < -0.39 is 0 Å². The first-order valence-corrected chi connectivity index (χ1v) is 5.89. The smallest absolute Gasteiger partial charge is 0.142 e. The third-order valence-corrected chi connectivity index (χ3v) is 3.18. The summed E-state index contributed by atoms with van der Waals surface area (Å²) in [6, 6.07) is 0.536. The van der Waals surface area contributed by atoms with Crippen LogP contribution in [0.2, 0.25) is 0 Å². The summed E-state index contributed by atoms with van der Waals surface area (Å²) in [4.78, 5) is 4.16. The second kappa shape index (κ2) is 4.78. The van der Waals surface area contributed by atoms with Gasteiger partial charge in [-0.05, 0) is 12.8 Å². The van der Waals surface area contributed by atoms with E-state index in [4.69, 9.17) is 11.6 Å². The quantitative estimate of drug-likeness (QED) is 0.559. The van der Waals surface area contributed by atoms with Crippen molar-refractivity contribution >= 4 is 11.6 Å². The van der Waals surface area contributed by atoms with Crippen LogP contribution in [0.15, 0.2) is 6.33 Å². The molecular formula is C10H16ClN3. The Balaban J connectivity index is 2.11. The van der Waals surface area contributed by atoms with Crippen LogP contribution in [0.4, 0.5) is 0 Å². The molecule has 78 valence electrons. The van der Waals surface area contributed by atoms with Crippen molar-refractivity contribution in [3.05, 3.63) is 12.2 Å². The molecule has 0 amide bonds. The van der Waals surface area contributed by atoms with Crippen LogP contribution in [-0.2, 0) is 5.88 Å². The van der Waals surface area contributed by atoms with E-state index in [0.29, 0.717) is 11.9 Å². The Morgan fingerprint density at radius 3 is 2.64 bits per heavy atom. The lowest BCUT2D eigenvalue weighted by atomic mass is 10.1. The monoisotopic (exact) mass is 213 g/mol. The minimum Gasteiger partial charge on any atom is -0.246 e. The number of aromatic nitrogens is 3. The molecule has 4 heteroatoms. The van der Waals surface area contributed by atoms with Gasteiger partial charge in [0.15, 0.2) is 0 Å². The van der Waals surface area contributed by atoms with E-state index >= 15 is 0 Å². The standard InChI is InChI=1S/C10H16ClN3/c11-7-10-12-8-13-14(10)9-5-3-1-2-4-6-9/h8-9H,1-7H2. The maximum absolute atomic E-state index is 5.81. The zero-order chi connectivity index (χ0) is 9.80. The Morgan fingerprint density at radius 1 is 1.29 bits per heavy atom. The molecular weight excluding hydrogens is 198 g/mol. The fraction of sp³-hybridized carbons (Fsp3) is 0.800. The van der Waals surface area contributed by atoms with Crippen LogP contribution in [0.5, 0.6) is 0 Å². The first-order chi connectivity index (χ1) is 6.92. The lowest BCUT2D eigenvalue weighted by Gasteiger charge is -2.15. The van der Waals surface area contributed by atoms with Gasteiger partial charge in [0.1, 0.15) is 12.2 Å². The highest BCUT2D eigenvalue weighted by Crippen LogP contribution is 2.27. The molecule has 0 radical (unpaired) electrons. The van der Waals surface area contributed by atoms with Gasteiger partial charge < -0.3 is 0 Å². The van der Waals surface area contributed by atoms with Crippen LogP contribution in [0.1, 0.15) is 50.4 Å². The van der Waals surface area contributed by atoms with Crippen LogP contribution < -0.4 is 0 Å². The highest BCUT2D eigenvalue weighted by atomic mass is 35.5. The Kier molecular flexibility index (Phi) is 3.40. The third-order valence-electron chi connectivity index (χ3n) is 2.94. The molecule has 3 nitrogen and oxygen atoms in total. The fourth-order valence-electron chi connectivity index (χ4n) is 2.18. The third kappa shape index (κ3) is 2.08. The summed E-state index contributed by atoms with van der Waals surface area (Å²) in [5.41, 5.74) is 0. The summed E-state index contributed by atoms with van der Waals surface area (Å²) in [5.74, 6) is 1.38. The summed E-state index contributed by atoms with van der Waals surface area (Å²) in [7, 11) is 0.